The minimum atomic E-state index is -5.08. The lowest BCUT2D eigenvalue weighted by atomic mass is 9.88. The van der Waals surface area contributed by atoms with E-state index in [1.54, 1.807) is 18.5 Å². The van der Waals surface area contributed by atoms with Crippen LogP contribution >= 0.6 is 0 Å². The number of methoxy groups -OCH3 is 1. The number of anilines is 2. The van der Waals surface area contributed by atoms with Crippen LogP contribution in [0.15, 0.2) is 30.6 Å². The molecule has 0 atom stereocenters. The van der Waals surface area contributed by atoms with Crippen LogP contribution in [0.5, 0.6) is 5.75 Å². The molecule has 1 fully saturated rings. The third kappa shape index (κ3) is 7.01. The van der Waals surface area contributed by atoms with Crippen LogP contribution < -0.4 is 15.0 Å². The fourth-order valence-electron chi connectivity index (χ4n) is 3.80. The van der Waals surface area contributed by atoms with E-state index in [0.717, 1.165) is 5.82 Å². The fourth-order valence-corrected chi connectivity index (χ4v) is 3.80. The van der Waals surface area contributed by atoms with Crippen LogP contribution in [-0.4, -0.2) is 69.4 Å². The second-order valence-corrected chi connectivity index (χ2v) is 8.73. The number of carbonyl (C=O) groups is 2. The Morgan fingerprint density at radius 2 is 1.68 bits per heavy atom. The largest absolute Gasteiger partial charge is 0.497 e. The highest BCUT2D eigenvalue weighted by Gasteiger charge is 2.38. The van der Waals surface area contributed by atoms with Crippen LogP contribution in [0.3, 0.4) is 0 Å². The number of Topliss-reactive ketones (excluding diaryl/α,β-unsaturated/α-hetero) is 1. The number of fused-ring (bicyclic) bond motifs is 1. The van der Waals surface area contributed by atoms with Crippen molar-refractivity contribution in [3.63, 3.8) is 0 Å². The predicted molar refractivity (Wildman–Crippen MR) is 130 cm³/mol. The lowest BCUT2D eigenvalue weighted by Crippen LogP contribution is -2.37. The van der Waals surface area contributed by atoms with Gasteiger partial charge in [0.05, 0.1) is 25.1 Å². The van der Waals surface area contributed by atoms with Gasteiger partial charge in [-0.25, -0.2) is 19.2 Å². The SMILES string of the molecule is COc1ccc(C(=O)C2CCN(c3nc4cnncc4nc3NC(C)C)CC2)c(F)c1.O=C(O)C(F)(F)F. The Morgan fingerprint density at radius 1 is 1.11 bits per heavy atom. The summed E-state index contributed by atoms with van der Waals surface area (Å²) >= 11 is 0. The smallest absolute Gasteiger partial charge is 0.490 e. The molecule has 1 aliphatic heterocycles. The zero-order chi connectivity index (χ0) is 28.0. The van der Waals surface area contributed by atoms with Crippen molar-refractivity contribution in [2.24, 2.45) is 5.92 Å². The highest BCUT2D eigenvalue weighted by Crippen LogP contribution is 2.31. The zero-order valence-electron chi connectivity index (χ0n) is 20.8. The maximum Gasteiger partial charge on any atom is 0.490 e. The van der Waals surface area contributed by atoms with Gasteiger partial charge < -0.3 is 20.1 Å². The van der Waals surface area contributed by atoms with Gasteiger partial charge in [-0.05, 0) is 38.8 Å². The van der Waals surface area contributed by atoms with Gasteiger partial charge in [-0.3, -0.25) is 4.79 Å². The molecular formula is C24H26F4N6O4. The molecule has 204 valence electrons. The molecule has 0 saturated carbocycles. The second-order valence-electron chi connectivity index (χ2n) is 8.73. The average Bonchev–Trinajstić information content (AvgIpc) is 2.87. The molecule has 1 aliphatic rings. The minimum Gasteiger partial charge on any atom is -0.497 e. The number of hydrogen-bond donors (Lipinski definition) is 2. The number of alkyl halides is 3. The Bertz CT molecular complexity index is 1300. The number of carbonyl (C=O) groups excluding carboxylic acids is 1. The van der Waals surface area contributed by atoms with Gasteiger partial charge in [-0.15, -0.1) is 0 Å². The molecule has 0 amide bonds. The van der Waals surface area contributed by atoms with E-state index in [-0.39, 0.29) is 23.3 Å². The summed E-state index contributed by atoms with van der Waals surface area (Å²) in [7, 11) is 1.47. The van der Waals surface area contributed by atoms with E-state index in [1.807, 2.05) is 13.8 Å². The minimum absolute atomic E-state index is 0.116. The topological polar surface area (TPSA) is 130 Å². The quantitative estimate of drug-likeness (QED) is 0.349. The van der Waals surface area contributed by atoms with Gasteiger partial charge in [0, 0.05) is 31.1 Å². The third-order valence-electron chi connectivity index (χ3n) is 5.63. The van der Waals surface area contributed by atoms with Gasteiger partial charge in [0.25, 0.3) is 0 Å². The molecule has 10 nitrogen and oxygen atoms in total. The molecule has 1 saturated heterocycles. The Morgan fingerprint density at radius 3 is 2.18 bits per heavy atom. The van der Waals surface area contributed by atoms with Crippen molar-refractivity contribution in [2.75, 3.05) is 30.4 Å². The number of rotatable bonds is 6. The lowest BCUT2D eigenvalue weighted by molar-refractivity contribution is -0.192. The summed E-state index contributed by atoms with van der Waals surface area (Å²) in [5.74, 6) is -1.89. The van der Waals surface area contributed by atoms with E-state index in [9.17, 15) is 22.4 Å². The van der Waals surface area contributed by atoms with Crippen molar-refractivity contribution in [3.8, 4) is 5.75 Å². The average molecular weight is 539 g/mol. The molecule has 0 aliphatic carbocycles. The number of aliphatic carboxylic acids is 1. The Hall–Kier alpha value is -4.10. The summed E-state index contributed by atoms with van der Waals surface area (Å²) in [5.41, 5.74) is 1.45. The molecule has 0 bridgehead atoms. The number of ether oxygens (including phenoxy) is 1. The molecule has 38 heavy (non-hydrogen) atoms. The second kappa shape index (κ2) is 12.0. The Balaban J connectivity index is 0.000000505. The zero-order valence-corrected chi connectivity index (χ0v) is 20.8. The first kappa shape index (κ1) is 28.5. The number of hydrogen-bond acceptors (Lipinski definition) is 9. The van der Waals surface area contributed by atoms with Crippen LogP contribution in [0, 0.1) is 11.7 Å². The predicted octanol–water partition coefficient (Wildman–Crippen LogP) is 4.12. The molecule has 2 aromatic heterocycles. The number of carboxylic acids is 1. The van der Waals surface area contributed by atoms with E-state index >= 15 is 0 Å². The van der Waals surface area contributed by atoms with Gasteiger partial charge in [0.15, 0.2) is 17.4 Å². The summed E-state index contributed by atoms with van der Waals surface area (Å²) in [6, 6.07) is 4.55. The molecule has 0 radical (unpaired) electrons. The van der Waals surface area contributed by atoms with Crippen molar-refractivity contribution in [1.82, 2.24) is 20.2 Å². The number of halogens is 4. The van der Waals surface area contributed by atoms with Crippen molar-refractivity contribution < 1.29 is 37.0 Å². The number of nitrogens with zero attached hydrogens (tertiary/aromatic N) is 5. The monoisotopic (exact) mass is 538 g/mol. The third-order valence-corrected chi connectivity index (χ3v) is 5.63. The van der Waals surface area contributed by atoms with Gasteiger partial charge >= 0.3 is 12.1 Å². The summed E-state index contributed by atoms with van der Waals surface area (Å²) in [4.78, 5) is 33.3. The van der Waals surface area contributed by atoms with Crippen LogP contribution in [0.25, 0.3) is 11.0 Å². The van der Waals surface area contributed by atoms with E-state index in [4.69, 9.17) is 19.6 Å². The summed E-state index contributed by atoms with van der Waals surface area (Å²) in [6.07, 6.45) is -0.681. The van der Waals surface area contributed by atoms with E-state index < -0.39 is 18.0 Å². The molecule has 14 heteroatoms. The van der Waals surface area contributed by atoms with Crippen molar-refractivity contribution >= 4 is 34.4 Å². The van der Waals surface area contributed by atoms with Crippen molar-refractivity contribution in [3.05, 3.63) is 42.0 Å². The number of benzene rings is 1. The maximum absolute atomic E-state index is 14.4. The standard InChI is InChI=1S/C22H25FN6O2.C2HF3O2/c1-13(2)26-21-22(28-19-12-25-24-11-18(19)27-21)29-8-6-14(7-9-29)20(30)16-5-4-15(31-3)10-17(16)23;3-2(4,5)1(6)7/h4-5,10-14H,6-9H2,1-3H3,(H,26,27);(H,6,7). The van der Waals surface area contributed by atoms with E-state index in [2.05, 4.69) is 25.4 Å². The van der Waals surface area contributed by atoms with E-state index in [1.165, 1.54) is 19.2 Å². The Labute approximate surface area is 215 Å². The fraction of sp³-hybridized carbons (Fsp3) is 0.417. The van der Waals surface area contributed by atoms with Crippen molar-refractivity contribution in [1.29, 1.82) is 0 Å². The lowest BCUT2D eigenvalue weighted by Gasteiger charge is -2.33. The molecule has 2 N–H and O–H groups in total. The molecule has 0 spiro atoms. The molecule has 0 unspecified atom stereocenters. The number of piperidine rings is 1. The van der Waals surface area contributed by atoms with Crippen molar-refractivity contribution in [2.45, 2.75) is 38.9 Å². The number of aromatic nitrogens is 4. The van der Waals surface area contributed by atoms with Gasteiger partial charge in [0.1, 0.15) is 22.6 Å². The van der Waals surface area contributed by atoms with Crippen LogP contribution in [-0.2, 0) is 4.79 Å². The molecule has 4 rings (SSSR count). The molecule has 3 aromatic rings. The summed E-state index contributed by atoms with van der Waals surface area (Å²) in [6.45, 7) is 5.32. The van der Waals surface area contributed by atoms with Gasteiger partial charge in [-0.2, -0.15) is 23.4 Å². The highest BCUT2D eigenvalue weighted by molar-refractivity contribution is 5.98. The van der Waals surface area contributed by atoms with Crippen LogP contribution in [0.4, 0.5) is 29.2 Å². The molecule has 1 aromatic carbocycles. The van der Waals surface area contributed by atoms with Crippen LogP contribution in [0.2, 0.25) is 0 Å². The number of ketones is 1. The van der Waals surface area contributed by atoms with Crippen LogP contribution in [0.1, 0.15) is 37.0 Å². The first-order valence-corrected chi connectivity index (χ1v) is 11.6. The number of carboxylic acid groups (broad SMARTS) is 1. The molecule has 3 heterocycles. The van der Waals surface area contributed by atoms with Gasteiger partial charge in [0.2, 0.25) is 0 Å². The summed E-state index contributed by atoms with van der Waals surface area (Å²) < 4.78 is 51.1. The Kier molecular flexibility index (Phi) is 8.96. The maximum atomic E-state index is 14.4. The van der Waals surface area contributed by atoms with E-state index in [0.29, 0.717) is 48.5 Å². The summed E-state index contributed by atoms with van der Waals surface area (Å²) in [5, 5.41) is 18.3. The number of nitrogens with one attached hydrogen (secondary N) is 1. The first-order chi connectivity index (χ1) is 17.9. The molecular weight excluding hydrogens is 512 g/mol. The highest BCUT2D eigenvalue weighted by atomic mass is 19.4. The van der Waals surface area contributed by atoms with Gasteiger partial charge in [-0.1, -0.05) is 0 Å². The normalized spacial score (nSPS) is 14.2. The first-order valence-electron chi connectivity index (χ1n) is 11.6.